The zero-order valence-electron chi connectivity index (χ0n) is 25.2. The average Bonchev–Trinajstić information content (AvgIpc) is 3.48. The molecule has 3 heteroatoms. The van der Waals surface area contributed by atoms with Crippen molar-refractivity contribution in [3.8, 4) is 22.9 Å². The summed E-state index contributed by atoms with van der Waals surface area (Å²) in [6.07, 6.45) is 0. The van der Waals surface area contributed by atoms with Crippen molar-refractivity contribution in [2.75, 3.05) is 0 Å². The van der Waals surface area contributed by atoms with E-state index in [0.29, 0.717) is 5.56 Å². The highest BCUT2D eigenvalue weighted by atomic mass is 28.3. The van der Waals surface area contributed by atoms with Crippen molar-refractivity contribution in [2.24, 2.45) is 0 Å². The molecule has 7 aromatic carbocycles. The molecule has 8 rings (SSSR count). The summed E-state index contributed by atoms with van der Waals surface area (Å²) in [5, 5.41) is 17.5. The molecule has 2 nitrogen and oxygen atoms in total. The van der Waals surface area contributed by atoms with E-state index in [1.54, 1.807) is 0 Å². The van der Waals surface area contributed by atoms with Gasteiger partial charge in [0, 0.05) is 16.5 Å². The molecule has 1 heterocycles. The van der Waals surface area contributed by atoms with Gasteiger partial charge in [-0.15, -0.1) is 0 Å². The van der Waals surface area contributed by atoms with Gasteiger partial charge in [-0.05, 0) is 68.3 Å². The lowest BCUT2D eigenvalue weighted by Crippen LogP contribution is -2.74. The maximum absolute atomic E-state index is 9.87. The summed E-state index contributed by atoms with van der Waals surface area (Å²) >= 11 is 0. The van der Waals surface area contributed by atoms with Crippen LogP contribution in [0.15, 0.2) is 182 Å². The van der Waals surface area contributed by atoms with Crippen molar-refractivity contribution < 1.29 is 0 Å². The number of benzene rings is 7. The molecule has 0 unspecified atom stereocenters. The van der Waals surface area contributed by atoms with Crippen LogP contribution in [0, 0.1) is 11.3 Å². The smallest absolute Gasteiger partial charge is 0.179 e. The number of nitrogens with zero attached hydrogens (tertiary/aromatic N) is 2. The summed E-state index contributed by atoms with van der Waals surface area (Å²) in [5.74, 6) is 0. The van der Waals surface area contributed by atoms with Gasteiger partial charge < -0.3 is 4.57 Å². The molecule has 0 bridgehead atoms. The summed E-state index contributed by atoms with van der Waals surface area (Å²) in [4.78, 5) is 0. The third-order valence-corrected chi connectivity index (χ3v) is 13.9. The molecule has 1 aromatic heterocycles. The van der Waals surface area contributed by atoms with Crippen LogP contribution in [-0.2, 0) is 0 Å². The number of fused-ring (bicyclic) bond motifs is 3. The minimum Gasteiger partial charge on any atom is -0.309 e. The molecule has 0 aliphatic heterocycles. The lowest BCUT2D eigenvalue weighted by molar-refractivity contribution is 1.18. The molecule has 0 spiro atoms. The monoisotopic (exact) mass is 602 g/mol. The predicted octanol–water partition coefficient (Wildman–Crippen LogP) is 7.70. The largest absolute Gasteiger partial charge is 0.309 e. The molecule has 8 aromatic rings. The van der Waals surface area contributed by atoms with Crippen LogP contribution in [0.3, 0.4) is 0 Å². The maximum atomic E-state index is 9.87. The number of aromatic nitrogens is 1. The molecule has 0 atom stereocenters. The van der Waals surface area contributed by atoms with E-state index in [9.17, 15) is 5.26 Å². The highest BCUT2D eigenvalue weighted by molar-refractivity contribution is 7.19. The molecule has 0 radical (unpaired) electrons. The summed E-state index contributed by atoms with van der Waals surface area (Å²) < 4.78 is 2.37. The van der Waals surface area contributed by atoms with E-state index >= 15 is 0 Å². The van der Waals surface area contributed by atoms with Crippen molar-refractivity contribution in [3.05, 3.63) is 188 Å². The molecular formula is C43H30N2Si. The number of hydrogen-bond donors (Lipinski definition) is 0. The molecule has 0 aliphatic carbocycles. The van der Waals surface area contributed by atoms with Crippen molar-refractivity contribution in [1.82, 2.24) is 4.57 Å². The molecule has 0 fully saturated rings. The molecular weight excluding hydrogens is 573 g/mol. The van der Waals surface area contributed by atoms with Crippen LogP contribution in [0.4, 0.5) is 0 Å². The van der Waals surface area contributed by atoms with Crippen molar-refractivity contribution in [1.29, 1.82) is 5.26 Å². The zero-order chi connectivity index (χ0) is 30.9. The first-order chi connectivity index (χ1) is 22.8. The summed E-state index contributed by atoms with van der Waals surface area (Å²) in [6.45, 7) is 0. The third kappa shape index (κ3) is 4.47. The highest BCUT2D eigenvalue weighted by Gasteiger charge is 2.41. The molecule has 0 saturated carbocycles. The Morgan fingerprint density at radius 2 is 0.935 bits per heavy atom. The van der Waals surface area contributed by atoms with Crippen LogP contribution in [0.1, 0.15) is 5.56 Å². The van der Waals surface area contributed by atoms with Gasteiger partial charge in [0.1, 0.15) is 0 Å². The van der Waals surface area contributed by atoms with E-state index < -0.39 is 8.07 Å². The number of rotatable bonds is 6. The van der Waals surface area contributed by atoms with E-state index in [-0.39, 0.29) is 0 Å². The fourth-order valence-corrected chi connectivity index (χ4v) is 11.9. The molecule has 216 valence electrons. The second-order valence-corrected chi connectivity index (χ2v) is 15.5. The van der Waals surface area contributed by atoms with Gasteiger partial charge in [0.2, 0.25) is 0 Å². The summed E-state index contributed by atoms with van der Waals surface area (Å²) in [7, 11) is -2.74. The van der Waals surface area contributed by atoms with Crippen molar-refractivity contribution in [2.45, 2.75) is 0 Å². The first kappa shape index (κ1) is 27.6. The van der Waals surface area contributed by atoms with Gasteiger partial charge in [0.15, 0.2) is 8.07 Å². The first-order valence-electron chi connectivity index (χ1n) is 15.6. The number of hydrogen-bond acceptors (Lipinski definition) is 1. The maximum Gasteiger partial charge on any atom is 0.179 e. The molecule has 0 saturated heterocycles. The van der Waals surface area contributed by atoms with E-state index in [1.807, 2.05) is 12.1 Å². The Bertz CT molecular complexity index is 2270. The van der Waals surface area contributed by atoms with Gasteiger partial charge in [-0.1, -0.05) is 146 Å². The summed E-state index contributed by atoms with van der Waals surface area (Å²) in [5.41, 5.74) is 6.57. The lowest BCUT2D eigenvalue weighted by atomic mass is 10.1. The highest BCUT2D eigenvalue weighted by Crippen LogP contribution is 2.33. The number of nitriles is 1. The summed E-state index contributed by atoms with van der Waals surface area (Å²) in [6, 6.07) is 67.5. The van der Waals surface area contributed by atoms with Crippen LogP contribution in [0.2, 0.25) is 0 Å². The van der Waals surface area contributed by atoms with Gasteiger partial charge in [-0.25, -0.2) is 0 Å². The van der Waals surface area contributed by atoms with Gasteiger partial charge >= 0.3 is 0 Å². The molecule has 0 N–H and O–H groups in total. The third-order valence-electron chi connectivity index (χ3n) is 9.17. The standard InChI is InChI=1S/C43H30N2Si/c44-31-32-13-11-20-39(29-32)46(36-16-3-1-4-17-36,37-18-5-2-6-19-37)38-27-25-33(26-28-38)34-14-12-15-35(30-34)45-42-23-9-7-21-40(42)41-22-8-10-24-43(41)45/h1-30H. The minimum absolute atomic E-state index is 0.680. The fourth-order valence-electron chi connectivity index (χ4n) is 7.14. The topological polar surface area (TPSA) is 28.7 Å². The van der Waals surface area contributed by atoms with E-state index in [0.717, 1.165) is 5.69 Å². The van der Waals surface area contributed by atoms with Crippen molar-refractivity contribution >= 4 is 50.6 Å². The van der Waals surface area contributed by atoms with Crippen LogP contribution < -0.4 is 20.7 Å². The van der Waals surface area contributed by atoms with Gasteiger partial charge in [0.05, 0.1) is 22.7 Å². The molecule has 46 heavy (non-hydrogen) atoms. The lowest BCUT2D eigenvalue weighted by Gasteiger charge is -2.34. The first-order valence-corrected chi connectivity index (χ1v) is 17.6. The Morgan fingerprint density at radius 3 is 1.54 bits per heavy atom. The second-order valence-electron chi connectivity index (χ2n) is 11.7. The fraction of sp³-hybridized carbons (Fsp3) is 0. The molecule has 0 aliphatic rings. The van der Waals surface area contributed by atoms with E-state index in [1.165, 1.54) is 53.7 Å². The van der Waals surface area contributed by atoms with Crippen LogP contribution in [-0.4, -0.2) is 12.6 Å². The Morgan fingerprint density at radius 1 is 0.413 bits per heavy atom. The number of para-hydroxylation sites is 2. The SMILES string of the molecule is N#Cc1cccc([Si](c2ccccc2)(c2ccccc2)c2ccc(-c3cccc(-n4c5ccccc5c5ccccc54)c3)cc2)c1. The van der Waals surface area contributed by atoms with Crippen LogP contribution >= 0.6 is 0 Å². The van der Waals surface area contributed by atoms with Gasteiger partial charge in [-0.2, -0.15) is 5.26 Å². The Labute approximate surface area is 270 Å². The molecule has 0 amide bonds. The van der Waals surface area contributed by atoms with Crippen molar-refractivity contribution in [3.63, 3.8) is 0 Å². The van der Waals surface area contributed by atoms with Crippen LogP contribution in [0.25, 0.3) is 38.6 Å². The van der Waals surface area contributed by atoms with Gasteiger partial charge in [-0.3, -0.25) is 0 Å². The Balaban J connectivity index is 1.29. The zero-order valence-corrected chi connectivity index (χ0v) is 26.2. The second kappa shape index (κ2) is 11.5. The Hall–Kier alpha value is -5.95. The minimum atomic E-state index is -2.74. The quantitative estimate of drug-likeness (QED) is 0.142. The Kier molecular flexibility index (Phi) is 6.91. The van der Waals surface area contributed by atoms with Crippen LogP contribution in [0.5, 0.6) is 0 Å². The predicted molar refractivity (Wildman–Crippen MR) is 195 cm³/mol. The average molecular weight is 603 g/mol. The van der Waals surface area contributed by atoms with E-state index in [4.69, 9.17) is 0 Å². The van der Waals surface area contributed by atoms with Gasteiger partial charge in [0.25, 0.3) is 0 Å². The normalized spacial score (nSPS) is 11.5. The van der Waals surface area contributed by atoms with E-state index in [2.05, 4.69) is 180 Å².